The summed E-state index contributed by atoms with van der Waals surface area (Å²) in [7, 11) is 0. The summed E-state index contributed by atoms with van der Waals surface area (Å²) < 4.78 is 1.09. The number of hydrogen-bond acceptors (Lipinski definition) is 2. The van der Waals surface area contributed by atoms with Gasteiger partial charge in [0.25, 0.3) is 0 Å². The number of hydrogen-bond donors (Lipinski definition) is 0. The van der Waals surface area contributed by atoms with E-state index < -0.39 is 0 Å². The van der Waals surface area contributed by atoms with Gasteiger partial charge in [-0.25, -0.2) is 9.97 Å². The van der Waals surface area contributed by atoms with Gasteiger partial charge in [0.15, 0.2) is 5.82 Å². The van der Waals surface area contributed by atoms with E-state index in [-0.39, 0.29) is 0 Å². The third-order valence-corrected chi connectivity index (χ3v) is 6.81. The molecule has 1 heterocycles. The Bertz CT molecular complexity index is 1570. The van der Waals surface area contributed by atoms with Gasteiger partial charge >= 0.3 is 0 Å². The molecule has 6 aromatic rings. The average Bonchev–Trinajstić information content (AvgIpc) is 2.93. The van der Waals surface area contributed by atoms with Gasteiger partial charge in [0, 0.05) is 21.2 Å². The van der Waals surface area contributed by atoms with E-state index in [4.69, 9.17) is 9.97 Å². The lowest BCUT2D eigenvalue weighted by molar-refractivity contribution is 1.18. The Morgan fingerprint density at radius 3 is 1.54 bits per heavy atom. The van der Waals surface area contributed by atoms with Crippen molar-refractivity contribution in [1.29, 1.82) is 0 Å². The highest BCUT2D eigenvalue weighted by Gasteiger charge is 2.11. The van der Waals surface area contributed by atoms with Gasteiger partial charge in [-0.1, -0.05) is 125 Å². The Kier molecular flexibility index (Phi) is 5.69. The molecule has 1 aromatic heterocycles. The second-order valence-corrected chi connectivity index (χ2v) is 9.30. The van der Waals surface area contributed by atoms with E-state index in [9.17, 15) is 0 Å². The van der Waals surface area contributed by atoms with Crippen LogP contribution in [0.1, 0.15) is 0 Å². The molecule has 0 aliphatic rings. The first kappa shape index (κ1) is 21.5. The Balaban J connectivity index is 1.43. The van der Waals surface area contributed by atoms with Crippen molar-refractivity contribution in [3.63, 3.8) is 0 Å². The third kappa shape index (κ3) is 4.39. The molecule has 35 heavy (non-hydrogen) atoms. The van der Waals surface area contributed by atoms with Gasteiger partial charge in [0.05, 0.1) is 11.4 Å². The van der Waals surface area contributed by atoms with E-state index in [0.29, 0.717) is 0 Å². The maximum atomic E-state index is 4.94. The Morgan fingerprint density at radius 1 is 0.429 bits per heavy atom. The second-order valence-electron chi connectivity index (χ2n) is 8.45. The van der Waals surface area contributed by atoms with Crippen LogP contribution in [0.3, 0.4) is 0 Å². The smallest absolute Gasteiger partial charge is 0.160 e. The standard InChI is InChI=1S/C32H21BrN2/c33-29-20-27-14-8-7-13-26(27)19-28(29)22-15-17-24(18-16-22)31-21-30(23-9-3-1-4-10-23)34-32(35-31)25-11-5-2-6-12-25/h1-21H. The van der Waals surface area contributed by atoms with Gasteiger partial charge in [-0.05, 0) is 40.1 Å². The number of nitrogens with zero attached hydrogens (tertiary/aromatic N) is 2. The van der Waals surface area contributed by atoms with Crippen LogP contribution in [0.15, 0.2) is 132 Å². The molecule has 3 heteroatoms. The SMILES string of the molecule is Brc1cc2ccccc2cc1-c1ccc(-c2cc(-c3ccccc3)nc(-c3ccccc3)n2)cc1. The van der Waals surface area contributed by atoms with Crippen molar-refractivity contribution in [3.8, 4) is 45.0 Å². The Hall–Kier alpha value is -4.08. The normalized spacial score (nSPS) is 11.0. The van der Waals surface area contributed by atoms with Crippen molar-refractivity contribution in [3.05, 3.63) is 132 Å². The minimum absolute atomic E-state index is 0.725. The molecule has 0 unspecified atom stereocenters. The van der Waals surface area contributed by atoms with Crippen molar-refractivity contribution in [2.24, 2.45) is 0 Å². The molecule has 5 aromatic carbocycles. The first-order valence-corrected chi connectivity index (χ1v) is 12.3. The minimum atomic E-state index is 0.725. The van der Waals surface area contributed by atoms with Crippen LogP contribution < -0.4 is 0 Å². The van der Waals surface area contributed by atoms with Gasteiger partial charge in [0.2, 0.25) is 0 Å². The number of aromatic nitrogens is 2. The van der Waals surface area contributed by atoms with E-state index in [2.05, 4.69) is 94.8 Å². The zero-order valence-electron chi connectivity index (χ0n) is 18.9. The first-order valence-electron chi connectivity index (χ1n) is 11.5. The largest absolute Gasteiger partial charge is 0.228 e. The quantitative estimate of drug-likeness (QED) is 0.235. The van der Waals surface area contributed by atoms with Crippen molar-refractivity contribution < 1.29 is 0 Å². The van der Waals surface area contributed by atoms with Crippen molar-refractivity contribution in [1.82, 2.24) is 9.97 Å². The van der Waals surface area contributed by atoms with E-state index in [1.54, 1.807) is 0 Å². The third-order valence-electron chi connectivity index (χ3n) is 6.15. The van der Waals surface area contributed by atoms with Crippen molar-refractivity contribution in [2.45, 2.75) is 0 Å². The van der Waals surface area contributed by atoms with Crippen LogP contribution in [0.2, 0.25) is 0 Å². The van der Waals surface area contributed by atoms with Crippen LogP contribution >= 0.6 is 15.9 Å². The van der Waals surface area contributed by atoms with E-state index >= 15 is 0 Å². The fraction of sp³-hybridized carbons (Fsp3) is 0. The zero-order valence-corrected chi connectivity index (χ0v) is 20.5. The molecule has 0 amide bonds. The van der Waals surface area contributed by atoms with Crippen LogP contribution in [0, 0.1) is 0 Å². The molecule has 166 valence electrons. The summed E-state index contributed by atoms with van der Waals surface area (Å²) in [6.07, 6.45) is 0. The maximum absolute atomic E-state index is 4.94. The molecule has 0 aliphatic carbocycles. The monoisotopic (exact) mass is 512 g/mol. The Labute approximate surface area is 213 Å². The summed E-state index contributed by atoms with van der Waals surface area (Å²) in [5.41, 5.74) is 7.29. The van der Waals surface area contributed by atoms with Gasteiger partial charge in [0.1, 0.15) is 0 Å². The lowest BCUT2D eigenvalue weighted by Gasteiger charge is -2.11. The van der Waals surface area contributed by atoms with Gasteiger partial charge < -0.3 is 0 Å². The predicted molar refractivity (Wildman–Crippen MR) is 149 cm³/mol. The summed E-state index contributed by atoms with van der Waals surface area (Å²) in [6.45, 7) is 0. The molecule has 0 N–H and O–H groups in total. The number of benzene rings is 5. The predicted octanol–water partition coefficient (Wildman–Crippen LogP) is 9.06. The molecule has 0 bridgehead atoms. The van der Waals surface area contributed by atoms with Crippen LogP contribution in [0.4, 0.5) is 0 Å². The first-order chi connectivity index (χ1) is 17.2. The van der Waals surface area contributed by atoms with E-state index in [1.165, 1.54) is 16.3 Å². The average molecular weight is 513 g/mol. The van der Waals surface area contributed by atoms with Crippen molar-refractivity contribution in [2.75, 3.05) is 0 Å². The summed E-state index contributed by atoms with van der Waals surface area (Å²) >= 11 is 3.77. The molecule has 0 saturated carbocycles. The van der Waals surface area contributed by atoms with Crippen LogP contribution in [0.5, 0.6) is 0 Å². The molecule has 0 spiro atoms. The molecular weight excluding hydrogens is 492 g/mol. The molecule has 0 saturated heterocycles. The van der Waals surface area contributed by atoms with Crippen LogP contribution in [-0.2, 0) is 0 Å². The van der Waals surface area contributed by atoms with Crippen LogP contribution in [0.25, 0.3) is 55.8 Å². The van der Waals surface area contributed by atoms with Crippen molar-refractivity contribution >= 4 is 26.7 Å². The van der Waals surface area contributed by atoms with Gasteiger partial charge in [-0.3, -0.25) is 0 Å². The highest BCUT2D eigenvalue weighted by atomic mass is 79.9. The lowest BCUT2D eigenvalue weighted by Crippen LogP contribution is -1.95. The number of halogens is 1. The molecule has 0 aliphatic heterocycles. The highest BCUT2D eigenvalue weighted by molar-refractivity contribution is 9.10. The van der Waals surface area contributed by atoms with Crippen LogP contribution in [-0.4, -0.2) is 9.97 Å². The minimum Gasteiger partial charge on any atom is -0.228 e. The van der Waals surface area contributed by atoms with Gasteiger partial charge in [-0.2, -0.15) is 0 Å². The highest BCUT2D eigenvalue weighted by Crippen LogP contribution is 2.34. The molecule has 2 nitrogen and oxygen atoms in total. The fourth-order valence-electron chi connectivity index (χ4n) is 4.32. The van der Waals surface area contributed by atoms with E-state index in [0.717, 1.165) is 43.9 Å². The summed E-state index contributed by atoms with van der Waals surface area (Å²) in [4.78, 5) is 9.83. The summed E-state index contributed by atoms with van der Waals surface area (Å²) in [6, 6.07) is 43.9. The fourth-order valence-corrected chi connectivity index (χ4v) is 4.91. The maximum Gasteiger partial charge on any atom is 0.160 e. The number of rotatable bonds is 4. The molecule has 0 radical (unpaired) electrons. The lowest BCUT2D eigenvalue weighted by atomic mass is 9.99. The number of fused-ring (bicyclic) bond motifs is 1. The molecule has 6 rings (SSSR count). The molecular formula is C32H21BrN2. The molecule has 0 atom stereocenters. The topological polar surface area (TPSA) is 25.8 Å². The van der Waals surface area contributed by atoms with E-state index in [1.807, 2.05) is 48.5 Å². The Morgan fingerprint density at radius 2 is 0.914 bits per heavy atom. The molecule has 0 fully saturated rings. The summed E-state index contributed by atoms with van der Waals surface area (Å²) in [5.74, 6) is 0.725. The summed E-state index contributed by atoms with van der Waals surface area (Å²) in [5, 5.41) is 2.45. The zero-order chi connectivity index (χ0) is 23.6. The second kappa shape index (κ2) is 9.28. The van der Waals surface area contributed by atoms with Gasteiger partial charge in [-0.15, -0.1) is 0 Å².